The Morgan fingerprint density at radius 1 is 0.968 bits per heavy atom. The van der Waals surface area contributed by atoms with Gasteiger partial charge in [0.25, 0.3) is 0 Å². The summed E-state index contributed by atoms with van der Waals surface area (Å²) in [7, 11) is -3.72. The van der Waals surface area contributed by atoms with Gasteiger partial charge in [0.05, 0.1) is 10.8 Å². The molecule has 1 aliphatic heterocycles. The fraction of sp³-hybridized carbons (Fsp3) is 0.391. The van der Waals surface area contributed by atoms with Gasteiger partial charge in [-0.15, -0.1) is 0 Å². The lowest BCUT2D eigenvalue weighted by atomic mass is 9.98. The van der Waals surface area contributed by atoms with E-state index in [1.54, 1.807) is 12.1 Å². The van der Waals surface area contributed by atoms with Crippen molar-refractivity contribution < 1.29 is 18.0 Å². The number of benzene rings is 2. The van der Waals surface area contributed by atoms with Gasteiger partial charge in [-0.25, -0.2) is 8.42 Å². The minimum atomic E-state index is -3.72. The molecule has 2 N–H and O–H groups in total. The average molecular weight is 444 g/mol. The van der Waals surface area contributed by atoms with E-state index in [0.29, 0.717) is 36.7 Å². The Labute approximate surface area is 183 Å². The highest BCUT2D eigenvalue weighted by Crippen LogP contribution is 2.26. The molecule has 1 aliphatic rings. The molecular formula is C23H29N3O4S. The first-order valence-electron chi connectivity index (χ1n) is 10.5. The highest BCUT2D eigenvalue weighted by molar-refractivity contribution is 7.89. The van der Waals surface area contributed by atoms with Crippen LogP contribution in [0.15, 0.2) is 53.4 Å². The fourth-order valence-electron chi connectivity index (χ4n) is 3.63. The van der Waals surface area contributed by atoms with E-state index in [4.69, 9.17) is 0 Å². The SMILES string of the molecule is CC(=O)Nc1ccc(S(=O)(=O)N2CCC[C@H](C(=O)Nc3ccc(C(C)C)cc3)C2)cc1. The molecule has 7 nitrogen and oxygen atoms in total. The summed E-state index contributed by atoms with van der Waals surface area (Å²) in [5.74, 6) is -0.390. The molecule has 2 amide bonds. The summed E-state index contributed by atoms with van der Waals surface area (Å²) in [5, 5.41) is 5.53. The molecule has 0 bridgehead atoms. The Balaban J connectivity index is 1.67. The lowest BCUT2D eigenvalue weighted by molar-refractivity contribution is -0.121. The van der Waals surface area contributed by atoms with Crippen molar-refractivity contribution in [3.8, 4) is 0 Å². The molecule has 0 unspecified atom stereocenters. The molecular weight excluding hydrogens is 414 g/mol. The molecule has 8 heteroatoms. The van der Waals surface area contributed by atoms with Gasteiger partial charge in [-0.05, 0) is 60.7 Å². The number of hydrogen-bond acceptors (Lipinski definition) is 4. The number of carbonyl (C=O) groups excluding carboxylic acids is 2. The maximum Gasteiger partial charge on any atom is 0.243 e. The topological polar surface area (TPSA) is 95.6 Å². The van der Waals surface area contributed by atoms with Gasteiger partial charge in [-0.2, -0.15) is 4.31 Å². The van der Waals surface area contributed by atoms with E-state index in [1.807, 2.05) is 24.3 Å². The standard InChI is InChI=1S/C23H29N3O4S/c1-16(2)18-6-8-21(9-7-18)25-23(28)19-5-4-14-26(15-19)31(29,30)22-12-10-20(11-13-22)24-17(3)27/h6-13,16,19H,4-5,14-15H2,1-3H3,(H,24,27)(H,25,28)/t19-/m0/s1. The van der Waals surface area contributed by atoms with Crippen molar-refractivity contribution in [1.82, 2.24) is 4.31 Å². The van der Waals surface area contributed by atoms with Gasteiger partial charge in [0, 0.05) is 31.4 Å². The van der Waals surface area contributed by atoms with Gasteiger partial charge in [-0.1, -0.05) is 26.0 Å². The third-order valence-electron chi connectivity index (χ3n) is 5.41. The van der Waals surface area contributed by atoms with Crippen LogP contribution in [0.3, 0.4) is 0 Å². The zero-order valence-corrected chi connectivity index (χ0v) is 18.9. The zero-order valence-electron chi connectivity index (χ0n) is 18.1. The number of amides is 2. The summed E-state index contributed by atoms with van der Waals surface area (Å²) in [4.78, 5) is 24.1. The van der Waals surface area contributed by atoms with E-state index in [9.17, 15) is 18.0 Å². The molecule has 31 heavy (non-hydrogen) atoms. The van der Waals surface area contributed by atoms with Crippen LogP contribution in [0.25, 0.3) is 0 Å². The van der Waals surface area contributed by atoms with Gasteiger partial charge in [0.1, 0.15) is 0 Å². The third-order valence-corrected chi connectivity index (χ3v) is 7.29. The molecule has 0 aliphatic carbocycles. The number of rotatable bonds is 6. The molecule has 1 fully saturated rings. The van der Waals surface area contributed by atoms with Crippen LogP contribution in [0.5, 0.6) is 0 Å². The van der Waals surface area contributed by atoms with E-state index in [1.165, 1.54) is 28.9 Å². The Morgan fingerprint density at radius 2 is 1.55 bits per heavy atom. The molecule has 1 heterocycles. The van der Waals surface area contributed by atoms with Gasteiger partial charge in [-0.3, -0.25) is 9.59 Å². The van der Waals surface area contributed by atoms with Crippen molar-refractivity contribution >= 4 is 33.2 Å². The van der Waals surface area contributed by atoms with Crippen LogP contribution >= 0.6 is 0 Å². The molecule has 1 saturated heterocycles. The predicted octanol–water partition coefficient (Wildman–Crippen LogP) is 3.81. The first-order valence-corrected chi connectivity index (χ1v) is 11.9. The number of sulfonamides is 1. The number of carbonyl (C=O) groups is 2. The summed E-state index contributed by atoms with van der Waals surface area (Å²) in [5.41, 5.74) is 2.44. The van der Waals surface area contributed by atoms with Crippen molar-refractivity contribution in [2.24, 2.45) is 5.92 Å². The molecule has 0 spiro atoms. The molecule has 2 aromatic carbocycles. The van der Waals surface area contributed by atoms with Crippen molar-refractivity contribution in [1.29, 1.82) is 0 Å². The van der Waals surface area contributed by atoms with Crippen LogP contribution in [0.4, 0.5) is 11.4 Å². The van der Waals surface area contributed by atoms with E-state index in [-0.39, 0.29) is 23.3 Å². The van der Waals surface area contributed by atoms with Crippen LogP contribution in [0, 0.1) is 5.92 Å². The van der Waals surface area contributed by atoms with Crippen LogP contribution < -0.4 is 10.6 Å². The average Bonchev–Trinajstić information content (AvgIpc) is 2.74. The molecule has 2 aromatic rings. The Bertz CT molecular complexity index is 1030. The van der Waals surface area contributed by atoms with E-state index >= 15 is 0 Å². The van der Waals surface area contributed by atoms with Crippen LogP contribution in [0.2, 0.25) is 0 Å². The summed E-state index contributed by atoms with van der Waals surface area (Å²) in [6, 6.07) is 13.8. The Kier molecular flexibility index (Phi) is 7.12. The normalized spacial score (nSPS) is 17.4. The zero-order chi connectivity index (χ0) is 22.6. The summed E-state index contributed by atoms with van der Waals surface area (Å²) in [6.45, 7) is 6.13. The quantitative estimate of drug-likeness (QED) is 0.710. The fourth-order valence-corrected chi connectivity index (χ4v) is 5.16. The van der Waals surface area contributed by atoms with Crippen LogP contribution in [0.1, 0.15) is 45.1 Å². The van der Waals surface area contributed by atoms with Crippen molar-refractivity contribution in [2.75, 3.05) is 23.7 Å². The van der Waals surface area contributed by atoms with Crippen LogP contribution in [-0.4, -0.2) is 37.6 Å². The van der Waals surface area contributed by atoms with Crippen molar-refractivity contribution in [2.45, 2.75) is 44.4 Å². The molecule has 1 atom stereocenters. The molecule has 0 aromatic heterocycles. The highest BCUT2D eigenvalue weighted by Gasteiger charge is 2.33. The third kappa shape index (κ3) is 5.71. The van der Waals surface area contributed by atoms with Gasteiger partial charge < -0.3 is 10.6 Å². The lowest BCUT2D eigenvalue weighted by Gasteiger charge is -2.31. The monoisotopic (exact) mass is 443 g/mol. The first kappa shape index (κ1) is 23.0. The smallest absolute Gasteiger partial charge is 0.243 e. The molecule has 166 valence electrons. The second-order valence-corrected chi connectivity index (χ2v) is 10.1. The maximum atomic E-state index is 13.1. The van der Waals surface area contributed by atoms with Gasteiger partial charge in [0.2, 0.25) is 21.8 Å². The number of nitrogens with zero attached hydrogens (tertiary/aromatic N) is 1. The molecule has 0 radical (unpaired) electrons. The largest absolute Gasteiger partial charge is 0.326 e. The minimum Gasteiger partial charge on any atom is -0.326 e. The van der Waals surface area contributed by atoms with Crippen molar-refractivity contribution in [3.05, 3.63) is 54.1 Å². The maximum absolute atomic E-state index is 13.1. The summed E-state index contributed by atoms with van der Waals surface area (Å²) >= 11 is 0. The van der Waals surface area contributed by atoms with Crippen LogP contribution in [-0.2, 0) is 19.6 Å². The first-order chi connectivity index (χ1) is 14.7. The summed E-state index contributed by atoms with van der Waals surface area (Å²) in [6.07, 6.45) is 1.26. The predicted molar refractivity (Wildman–Crippen MR) is 121 cm³/mol. The second-order valence-electron chi connectivity index (χ2n) is 8.17. The Morgan fingerprint density at radius 3 is 2.13 bits per heavy atom. The van der Waals surface area contributed by atoms with E-state index in [0.717, 1.165) is 0 Å². The molecule has 3 rings (SSSR count). The van der Waals surface area contributed by atoms with E-state index < -0.39 is 15.9 Å². The van der Waals surface area contributed by atoms with Gasteiger partial charge >= 0.3 is 0 Å². The van der Waals surface area contributed by atoms with Crippen molar-refractivity contribution in [3.63, 3.8) is 0 Å². The number of anilines is 2. The minimum absolute atomic E-state index is 0.145. The number of hydrogen-bond donors (Lipinski definition) is 2. The Hall–Kier alpha value is -2.71. The summed E-state index contributed by atoms with van der Waals surface area (Å²) < 4.78 is 27.5. The lowest BCUT2D eigenvalue weighted by Crippen LogP contribution is -2.43. The van der Waals surface area contributed by atoms with E-state index in [2.05, 4.69) is 24.5 Å². The second kappa shape index (κ2) is 9.62. The number of nitrogens with one attached hydrogen (secondary N) is 2. The van der Waals surface area contributed by atoms with Gasteiger partial charge in [0.15, 0.2) is 0 Å². The number of piperidine rings is 1. The highest BCUT2D eigenvalue weighted by atomic mass is 32.2. The molecule has 0 saturated carbocycles.